The number of hydrazone groups is 1. The number of rotatable bonds is 8. The van der Waals surface area contributed by atoms with Crippen molar-refractivity contribution in [1.29, 1.82) is 0 Å². The molecule has 2 aromatic rings. The number of aryl methyl sites for hydroxylation is 2. The number of ether oxygens (including phenoxy) is 1. The second-order valence-corrected chi connectivity index (χ2v) is 6.39. The summed E-state index contributed by atoms with van der Waals surface area (Å²) < 4.78 is 5.59. The van der Waals surface area contributed by atoms with Crippen LogP contribution in [0.5, 0.6) is 5.75 Å². The van der Waals surface area contributed by atoms with E-state index >= 15 is 0 Å². The van der Waals surface area contributed by atoms with Gasteiger partial charge in [0.1, 0.15) is 5.75 Å². The maximum atomic E-state index is 12.2. The van der Waals surface area contributed by atoms with Crippen molar-refractivity contribution >= 4 is 29.6 Å². The third-order valence-electron chi connectivity index (χ3n) is 3.93. The fourth-order valence-corrected chi connectivity index (χ4v) is 2.38. The Morgan fingerprint density at radius 3 is 2.63 bits per heavy atom. The van der Waals surface area contributed by atoms with Crippen molar-refractivity contribution in [3.63, 3.8) is 0 Å². The largest absolute Gasteiger partial charge is 0.483 e. The number of amides is 3. The van der Waals surface area contributed by atoms with Gasteiger partial charge in [-0.2, -0.15) is 5.10 Å². The van der Waals surface area contributed by atoms with Gasteiger partial charge in [-0.25, -0.2) is 5.43 Å². The summed E-state index contributed by atoms with van der Waals surface area (Å²) in [6.07, 6.45) is 2.79. The number of nitrogens with one attached hydrogen (secondary N) is 3. The molecule has 0 saturated heterocycles. The van der Waals surface area contributed by atoms with E-state index in [9.17, 15) is 14.4 Å². The molecule has 0 bridgehead atoms. The van der Waals surface area contributed by atoms with E-state index in [1.807, 2.05) is 32.0 Å². The lowest BCUT2D eigenvalue weighted by atomic mass is 10.1. The first-order valence-corrected chi connectivity index (χ1v) is 9.21. The summed E-state index contributed by atoms with van der Waals surface area (Å²) in [6, 6.07) is 12.7. The molecule has 0 aliphatic rings. The molecule has 0 aromatic heterocycles. The van der Waals surface area contributed by atoms with E-state index in [-0.39, 0.29) is 19.1 Å². The van der Waals surface area contributed by atoms with Crippen LogP contribution in [0.15, 0.2) is 60.2 Å². The van der Waals surface area contributed by atoms with Crippen molar-refractivity contribution < 1.29 is 19.1 Å². The van der Waals surface area contributed by atoms with Crippen LogP contribution in [0.4, 0.5) is 5.69 Å². The average Bonchev–Trinajstić information content (AvgIpc) is 2.73. The van der Waals surface area contributed by atoms with E-state index in [2.05, 4.69) is 27.7 Å². The normalized spacial score (nSPS) is 10.3. The van der Waals surface area contributed by atoms with Crippen LogP contribution in [0.3, 0.4) is 0 Å². The third kappa shape index (κ3) is 6.90. The van der Waals surface area contributed by atoms with E-state index < -0.39 is 11.8 Å². The Bertz CT molecular complexity index is 969. The van der Waals surface area contributed by atoms with Crippen LogP contribution >= 0.6 is 0 Å². The zero-order chi connectivity index (χ0) is 21.9. The summed E-state index contributed by atoms with van der Waals surface area (Å²) in [4.78, 5) is 35.3. The third-order valence-corrected chi connectivity index (χ3v) is 3.93. The fourth-order valence-electron chi connectivity index (χ4n) is 2.38. The van der Waals surface area contributed by atoms with Crippen LogP contribution in [0.2, 0.25) is 0 Å². The van der Waals surface area contributed by atoms with E-state index in [4.69, 9.17) is 4.74 Å². The number of para-hydroxylation sites is 1. The average molecular weight is 408 g/mol. The second kappa shape index (κ2) is 11.2. The van der Waals surface area contributed by atoms with Crippen LogP contribution in [-0.4, -0.2) is 37.1 Å². The molecule has 0 spiro atoms. The van der Waals surface area contributed by atoms with Gasteiger partial charge in [0.15, 0.2) is 6.61 Å². The van der Waals surface area contributed by atoms with Gasteiger partial charge in [0.2, 0.25) is 0 Å². The van der Waals surface area contributed by atoms with Crippen molar-refractivity contribution in [2.75, 3.05) is 18.5 Å². The van der Waals surface area contributed by atoms with E-state index in [0.29, 0.717) is 11.3 Å². The highest BCUT2D eigenvalue weighted by Crippen LogP contribution is 2.18. The first-order chi connectivity index (χ1) is 14.4. The second-order valence-electron chi connectivity index (χ2n) is 6.39. The molecule has 0 atom stereocenters. The first-order valence-electron chi connectivity index (χ1n) is 9.21. The van der Waals surface area contributed by atoms with Crippen LogP contribution in [-0.2, 0) is 14.4 Å². The number of hydrogen-bond donors (Lipinski definition) is 3. The smallest absolute Gasteiger partial charge is 0.329 e. The molecule has 3 amide bonds. The topological polar surface area (TPSA) is 109 Å². The lowest BCUT2D eigenvalue weighted by molar-refractivity contribution is -0.139. The SMILES string of the molecule is C=CCNC(=O)C(=O)N/N=C\c1ccccc1OCC(=O)Nc1cc(C)ccc1C. The number of hydrogen-bond acceptors (Lipinski definition) is 5. The van der Waals surface area contributed by atoms with Crippen LogP contribution in [0.25, 0.3) is 0 Å². The standard InChI is InChI=1S/C22H24N4O4/c1-4-11-23-21(28)22(29)26-24-13-17-7-5-6-8-19(17)30-14-20(27)25-18-12-15(2)9-10-16(18)3/h4-10,12-13H,1,11,14H2,2-3H3,(H,23,28)(H,25,27)(H,26,29)/b24-13-. The summed E-state index contributed by atoms with van der Waals surface area (Å²) in [7, 11) is 0. The van der Waals surface area contributed by atoms with Crippen LogP contribution in [0, 0.1) is 13.8 Å². The maximum absolute atomic E-state index is 12.2. The number of nitrogens with zero attached hydrogens (tertiary/aromatic N) is 1. The van der Waals surface area contributed by atoms with E-state index in [1.54, 1.807) is 24.3 Å². The van der Waals surface area contributed by atoms with Gasteiger partial charge in [0, 0.05) is 17.8 Å². The molecule has 2 rings (SSSR count). The van der Waals surface area contributed by atoms with Crippen molar-refractivity contribution in [2.45, 2.75) is 13.8 Å². The maximum Gasteiger partial charge on any atom is 0.329 e. The molecule has 30 heavy (non-hydrogen) atoms. The molecule has 2 aromatic carbocycles. The van der Waals surface area contributed by atoms with Crippen molar-refractivity contribution in [1.82, 2.24) is 10.7 Å². The number of anilines is 1. The zero-order valence-electron chi connectivity index (χ0n) is 16.9. The van der Waals surface area contributed by atoms with Gasteiger partial charge < -0.3 is 15.4 Å². The molecule has 0 radical (unpaired) electrons. The lowest BCUT2D eigenvalue weighted by Crippen LogP contribution is -2.37. The van der Waals surface area contributed by atoms with Gasteiger partial charge in [0.05, 0.1) is 6.21 Å². The summed E-state index contributed by atoms with van der Waals surface area (Å²) in [5, 5.41) is 8.92. The molecular weight excluding hydrogens is 384 g/mol. The zero-order valence-corrected chi connectivity index (χ0v) is 16.9. The lowest BCUT2D eigenvalue weighted by Gasteiger charge is -2.11. The summed E-state index contributed by atoms with van der Waals surface area (Å²) >= 11 is 0. The molecular formula is C22H24N4O4. The Balaban J connectivity index is 1.94. The quantitative estimate of drug-likeness (QED) is 0.269. The van der Waals surface area contributed by atoms with E-state index in [1.165, 1.54) is 12.3 Å². The van der Waals surface area contributed by atoms with E-state index in [0.717, 1.165) is 16.8 Å². The molecule has 0 saturated carbocycles. The van der Waals surface area contributed by atoms with Gasteiger partial charge in [0.25, 0.3) is 5.91 Å². The highest BCUT2D eigenvalue weighted by Gasteiger charge is 2.11. The minimum absolute atomic E-state index is 0.177. The van der Waals surface area contributed by atoms with Crippen molar-refractivity contribution in [2.24, 2.45) is 5.10 Å². The minimum atomic E-state index is -0.903. The molecule has 0 fully saturated rings. The van der Waals surface area contributed by atoms with Crippen LogP contribution in [0.1, 0.15) is 16.7 Å². The molecule has 0 aliphatic carbocycles. The van der Waals surface area contributed by atoms with Gasteiger partial charge in [-0.3, -0.25) is 14.4 Å². The fraction of sp³-hybridized carbons (Fsp3) is 0.182. The Morgan fingerprint density at radius 1 is 1.10 bits per heavy atom. The number of carbonyl (C=O) groups excluding carboxylic acids is 3. The summed E-state index contributed by atoms with van der Waals surface area (Å²) in [5.74, 6) is -1.62. The number of benzene rings is 2. The molecule has 0 aliphatic heterocycles. The number of carbonyl (C=O) groups is 3. The van der Waals surface area contributed by atoms with Gasteiger partial charge in [-0.1, -0.05) is 30.3 Å². The summed E-state index contributed by atoms with van der Waals surface area (Å²) in [6.45, 7) is 7.28. The van der Waals surface area contributed by atoms with Crippen molar-refractivity contribution in [3.8, 4) is 5.75 Å². The van der Waals surface area contributed by atoms with Gasteiger partial charge >= 0.3 is 11.8 Å². The Morgan fingerprint density at radius 2 is 1.87 bits per heavy atom. The molecule has 0 unspecified atom stereocenters. The van der Waals surface area contributed by atoms with Gasteiger partial charge in [-0.05, 0) is 43.2 Å². The Hall–Kier alpha value is -3.94. The predicted molar refractivity (Wildman–Crippen MR) is 115 cm³/mol. The first kappa shape index (κ1) is 22.4. The molecule has 3 N–H and O–H groups in total. The van der Waals surface area contributed by atoms with Crippen LogP contribution < -0.4 is 20.8 Å². The monoisotopic (exact) mass is 408 g/mol. The van der Waals surface area contributed by atoms with Crippen molar-refractivity contribution in [3.05, 3.63) is 71.8 Å². The minimum Gasteiger partial charge on any atom is -0.483 e. The van der Waals surface area contributed by atoms with Gasteiger partial charge in [-0.15, -0.1) is 6.58 Å². The highest BCUT2D eigenvalue weighted by atomic mass is 16.5. The molecule has 156 valence electrons. The highest BCUT2D eigenvalue weighted by molar-refractivity contribution is 6.35. The Labute approximate surface area is 175 Å². The molecule has 0 heterocycles. The summed E-state index contributed by atoms with van der Waals surface area (Å²) in [5.41, 5.74) is 5.38. The molecule has 8 heteroatoms. The Kier molecular flexibility index (Phi) is 8.31. The molecule has 8 nitrogen and oxygen atoms in total. The predicted octanol–water partition coefficient (Wildman–Crippen LogP) is 2.07.